The van der Waals surface area contributed by atoms with Gasteiger partial charge in [0.2, 0.25) is 11.8 Å². The number of amides is 3. The second kappa shape index (κ2) is 12.1. The van der Waals surface area contributed by atoms with Gasteiger partial charge in [0, 0.05) is 26.2 Å². The third-order valence-electron chi connectivity index (χ3n) is 6.31. The summed E-state index contributed by atoms with van der Waals surface area (Å²) in [6.07, 6.45) is 0.888. The molecule has 7 nitrogen and oxygen atoms in total. The van der Waals surface area contributed by atoms with E-state index in [0.717, 1.165) is 11.1 Å². The molecular formula is C29H39N3O4. The van der Waals surface area contributed by atoms with Gasteiger partial charge in [-0.25, -0.2) is 4.79 Å². The topological polar surface area (TPSA) is 87.7 Å². The Kier molecular flexibility index (Phi) is 9.13. The molecule has 0 spiro atoms. The van der Waals surface area contributed by atoms with Crippen molar-refractivity contribution < 1.29 is 19.1 Å². The molecule has 7 heteroatoms. The standard InChI is InChI=1S/C29H39N3O4/c1-20-6-10-22(11-7-20)14-16-30-26(33)24-18-32(28(35)36-29(3,4)5)19-25(24)27(34)31-17-15-23-12-8-21(2)9-13-23/h6-13,24-25H,14-19H2,1-5H3,(H,30,33)(H,31,34). The maximum Gasteiger partial charge on any atom is 0.410 e. The molecule has 2 aromatic carbocycles. The van der Waals surface area contributed by atoms with Gasteiger partial charge < -0.3 is 20.3 Å². The molecule has 0 aliphatic carbocycles. The van der Waals surface area contributed by atoms with Crippen molar-refractivity contribution >= 4 is 17.9 Å². The minimum Gasteiger partial charge on any atom is -0.444 e. The summed E-state index contributed by atoms with van der Waals surface area (Å²) in [6.45, 7) is 10.7. The number of nitrogens with zero attached hydrogens (tertiary/aromatic N) is 1. The van der Waals surface area contributed by atoms with Crippen LogP contribution in [0.4, 0.5) is 4.79 Å². The lowest BCUT2D eigenvalue weighted by Gasteiger charge is -2.24. The number of hydrogen-bond donors (Lipinski definition) is 2. The molecular weight excluding hydrogens is 454 g/mol. The van der Waals surface area contributed by atoms with E-state index in [1.54, 1.807) is 20.8 Å². The number of hydrogen-bond acceptors (Lipinski definition) is 4. The Morgan fingerprint density at radius 1 is 0.778 bits per heavy atom. The van der Waals surface area contributed by atoms with Crippen LogP contribution in [0.2, 0.25) is 0 Å². The lowest BCUT2D eigenvalue weighted by Crippen LogP contribution is -2.42. The first kappa shape index (κ1) is 27.2. The Labute approximate surface area is 214 Å². The fraction of sp³-hybridized carbons (Fsp3) is 0.483. The summed E-state index contributed by atoms with van der Waals surface area (Å²) in [4.78, 5) is 40.4. The highest BCUT2D eigenvalue weighted by atomic mass is 16.6. The molecule has 36 heavy (non-hydrogen) atoms. The lowest BCUT2D eigenvalue weighted by atomic mass is 9.94. The number of nitrogens with one attached hydrogen (secondary N) is 2. The molecule has 2 atom stereocenters. The predicted octanol–water partition coefficient (Wildman–Crippen LogP) is 3.80. The molecule has 1 fully saturated rings. The van der Waals surface area contributed by atoms with Crippen molar-refractivity contribution in [3.8, 4) is 0 Å². The first-order chi connectivity index (χ1) is 17.0. The molecule has 0 radical (unpaired) electrons. The van der Waals surface area contributed by atoms with Crippen LogP contribution in [0.1, 0.15) is 43.0 Å². The highest BCUT2D eigenvalue weighted by Crippen LogP contribution is 2.26. The van der Waals surface area contributed by atoms with Crippen molar-refractivity contribution in [2.75, 3.05) is 26.2 Å². The quantitative estimate of drug-likeness (QED) is 0.586. The number of aryl methyl sites for hydroxylation is 2. The SMILES string of the molecule is Cc1ccc(CCNC(=O)C2CN(C(=O)OC(C)(C)C)CC2C(=O)NCCc2ccc(C)cc2)cc1. The lowest BCUT2D eigenvalue weighted by molar-refractivity contribution is -0.132. The largest absolute Gasteiger partial charge is 0.444 e. The molecule has 194 valence electrons. The van der Waals surface area contributed by atoms with Crippen molar-refractivity contribution in [1.29, 1.82) is 0 Å². The van der Waals surface area contributed by atoms with E-state index in [-0.39, 0.29) is 24.9 Å². The summed E-state index contributed by atoms with van der Waals surface area (Å²) in [5, 5.41) is 5.94. The molecule has 2 unspecified atom stereocenters. The minimum absolute atomic E-state index is 0.154. The van der Waals surface area contributed by atoms with Crippen molar-refractivity contribution in [2.24, 2.45) is 11.8 Å². The van der Waals surface area contributed by atoms with Gasteiger partial charge in [0.05, 0.1) is 11.8 Å². The van der Waals surface area contributed by atoms with Crippen LogP contribution in [0.5, 0.6) is 0 Å². The van der Waals surface area contributed by atoms with Gasteiger partial charge in [-0.15, -0.1) is 0 Å². The van der Waals surface area contributed by atoms with E-state index in [1.807, 2.05) is 62.4 Å². The summed E-state index contributed by atoms with van der Waals surface area (Å²) >= 11 is 0. The summed E-state index contributed by atoms with van der Waals surface area (Å²) in [7, 11) is 0. The zero-order valence-corrected chi connectivity index (χ0v) is 22.1. The summed E-state index contributed by atoms with van der Waals surface area (Å²) in [5.74, 6) is -1.69. The Morgan fingerprint density at radius 2 is 1.17 bits per heavy atom. The summed E-state index contributed by atoms with van der Waals surface area (Å²) in [5.41, 5.74) is 3.98. The maximum absolute atomic E-state index is 13.1. The Hall–Kier alpha value is -3.35. The molecule has 1 saturated heterocycles. The van der Waals surface area contributed by atoms with Gasteiger partial charge >= 0.3 is 6.09 Å². The summed E-state index contributed by atoms with van der Waals surface area (Å²) in [6, 6.07) is 16.4. The smallest absolute Gasteiger partial charge is 0.410 e. The molecule has 3 amide bonds. The number of carbonyl (C=O) groups is 3. The Balaban J connectivity index is 1.60. The number of benzene rings is 2. The van der Waals surface area contributed by atoms with Crippen molar-refractivity contribution in [2.45, 2.75) is 53.1 Å². The number of carbonyl (C=O) groups excluding carboxylic acids is 3. The van der Waals surface area contributed by atoms with Crippen LogP contribution in [0.3, 0.4) is 0 Å². The molecule has 2 aromatic rings. The molecule has 3 rings (SSSR count). The van der Waals surface area contributed by atoms with Gasteiger partial charge in [-0.2, -0.15) is 0 Å². The molecule has 0 aromatic heterocycles. The van der Waals surface area contributed by atoms with Gasteiger partial charge in [-0.05, 0) is 58.6 Å². The zero-order valence-electron chi connectivity index (χ0n) is 22.1. The second-order valence-corrected chi connectivity index (χ2v) is 10.7. The van der Waals surface area contributed by atoms with Crippen LogP contribution in [-0.4, -0.2) is 54.6 Å². The van der Waals surface area contributed by atoms with Crippen molar-refractivity contribution in [1.82, 2.24) is 15.5 Å². The van der Waals surface area contributed by atoms with E-state index in [4.69, 9.17) is 4.74 Å². The van der Waals surface area contributed by atoms with Gasteiger partial charge in [0.25, 0.3) is 0 Å². The van der Waals surface area contributed by atoms with E-state index < -0.39 is 23.5 Å². The monoisotopic (exact) mass is 493 g/mol. The predicted molar refractivity (Wildman–Crippen MR) is 141 cm³/mol. The van der Waals surface area contributed by atoms with Crippen LogP contribution in [-0.2, 0) is 27.2 Å². The number of ether oxygens (including phenoxy) is 1. The highest BCUT2D eigenvalue weighted by molar-refractivity contribution is 5.89. The summed E-state index contributed by atoms with van der Waals surface area (Å²) < 4.78 is 5.50. The molecule has 1 aliphatic heterocycles. The van der Waals surface area contributed by atoms with Crippen LogP contribution < -0.4 is 10.6 Å². The zero-order chi connectivity index (χ0) is 26.3. The van der Waals surface area contributed by atoms with E-state index in [0.29, 0.717) is 25.9 Å². The van der Waals surface area contributed by atoms with E-state index in [1.165, 1.54) is 16.0 Å². The molecule has 0 saturated carbocycles. The van der Waals surface area contributed by atoms with Crippen molar-refractivity contribution in [3.05, 3.63) is 70.8 Å². The van der Waals surface area contributed by atoms with Crippen LogP contribution in [0, 0.1) is 25.7 Å². The van der Waals surface area contributed by atoms with Crippen molar-refractivity contribution in [3.63, 3.8) is 0 Å². The minimum atomic E-state index is -0.655. The average Bonchev–Trinajstić information content (AvgIpc) is 3.27. The molecule has 2 N–H and O–H groups in total. The second-order valence-electron chi connectivity index (χ2n) is 10.7. The highest BCUT2D eigenvalue weighted by Gasteiger charge is 2.44. The van der Waals surface area contributed by atoms with Crippen LogP contribution in [0.25, 0.3) is 0 Å². The normalized spacial score (nSPS) is 17.5. The van der Waals surface area contributed by atoms with Crippen LogP contribution in [0.15, 0.2) is 48.5 Å². The molecule has 1 heterocycles. The van der Waals surface area contributed by atoms with Gasteiger partial charge in [0.1, 0.15) is 5.60 Å². The third kappa shape index (κ3) is 8.11. The maximum atomic E-state index is 13.1. The van der Waals surface area contributed by atoms with Gasteiger partial charge in [-0.3, -0.25) is 9.59 Å². The average molecular weight is 494 g/mol. The van der Waals surface area contributed by atoms with Gasteiger partial charge in [0.15, 0.2) is 0 Å². The molecule has 1 aliphatic rings. The van der Waals surface area contributed by atoms with E-state index in [9.17, 15) is 14.4 Å². The first-order valence-electron chi connectivity index (χ1n) is 12.7. The third-order valence-corrected chi connectivity index (χ3v) is 6.31. The van der Waals surface area contributed by atoms with E-state index in [2.05, 4.69) is 10.6 Å². The molecule has 0 bridgehead atoms. The Bertz CT molecular complexity index is 970. The Morgan fingerprint density at radius 3 is 1.53 bits per heavy atom. The number of likely N-dealkylation sites (tertiary alicyclic amines) is 1. The van der Waals surface area contributed by atoms with E-state index >= 15 is 0 Å². The van der Waals surface area contributed by atoms with Gasteiger partial charge in [-0.1, -0.05) is 59.7 Å². The first-order valence-corrected chi connectivity index (χ1v) is 12.7. The fourth-order valence-electron chi connectivity index (χ4n) is 4.24. The van der Waals surface area contributed by atoms with Crippen LogP contribution >= 0.6 is 0 Å². The number of rotatable bonds is 8. The fourth-order valence-corrected chi connectivity index (χ4v) is 4.24.